The highest BCUT2D eigenvalue weighted by molar-refractivity contribution is 9.10. The zero-order valence-corrected chi connectivity index (χ0v) is 10.8. The van der Waals surface area contributed by atoms with Crippen LogP contribution >= 0.6 is 15.9 Å². The van der Waals surface area contributed by atoms with E-state index in [4.69, 9.17) is 9.47 Å². The van der Waals surface area contributed by atoms with Crippen molar-refractivity contribution >= 4 is 22.0 Å². The van der Waals surface area contributed by atoms with Gasteiger partial charge in [0.2, 0.25) is 0 Å². The van der Waals surface area contributed by atoms with Crippen LogP contribution in [0.3, 0.4) is 0 Å². The van der Waals surface area contributed by atoms with E-state index in [0.29, 0.717) is 0 Å². The number of hydrogen-bond acceptors (Lipinski definition) is 2. The highest BCUT2D eigenvalue weighted by atomic mass is 79.9. The predicted octanol–water partition coefficient (Wildman–Crippen LogP) is 3.89. The van der Waals surface area contributed by atoms with E-state index in [9.17, 15) is 0 Å². The van der Waals surface area contributed by atoms with Crippen LogP contribution in [0.15, 0.2) is 23.2 Å². The highest BCUT2D eigenvalue weighted by Crippen LogP contribution is 2.38. The van der Waals surface area contributed by atoms with Crippen molar-refractivity contribution in [3.63, 3.8) is 0 Å². The lowest BCUT2D eigenvalue weighted by Crippen LogP contribution is -2.07. The van der Waals surface area contributed by atoms with E-state index >= 15 is 0 Å². The van der Waals surface area contributed by atoms with E-state index in [0.717, 1.165) is 21.5 Å². The van der Waals surface area contributed by atoms with Crippen molar-refractivity contribution in [1.29, 1.82) is 0 Å². The van der Waals surface area contributed by atoms with Gasteiger partial charge >= 0.3 is 0 Å². The van der Waals surface area contributed by atoms with Gasteiger partial charge in [0, 0.05) is 0 Å². The molecule has 0 radical (unpaired) electrons. The molecule has 0 aliphatic rings. The van der Waals surface area contributed by atoms with Crippen molar-refractivity contribution < 1.29 is 9.47 Å². The van der Waals surface area contributed by atoms with Gasteiger partial charge in [-0.3, -0.25) is 0 Å². The van der Waals surface area contributed by atoms with Crippen LogP contribution in [0.25, 0.3) is 6.08 Å². The summed E-state index contributed by atoms with van der Waals surface area (Å²) >= 11 is 3.49. The van der Waals surface area contributed by atoms with Crippen molar-refractivity contribution in [2.45, 2.75) is 20.0 Å². The van der Waals surface area contributed by atoms with Crippen LogP contribution in [0.5, 0.6) is 11.5 Å². The fourth-order valence-corrected chi connectivity index (χ4v) is 1.80. The lowest BCUT2D eigenvalue weighted by molar-refractivity contribution is 0.228. The van der Waals surface area contributed by atoms with Crippen LogP contribution in [0.4, 0.5) is 0 Å². The second-order valence-corrected chi connectivity index (χ2v) is 4.16. The standard InChI is InChI=1S/C12H15BrO2/c1-5-9-6-7-10(14-4)12(11(9)13)15-8(2)3/h5-8H,1H2,2-4H3. The van der Waals surface area contributed by atoms with Crippen LogP contribution < -0.4 is 9.47 Å². The molecule has 0 spiro atoms. The maximum Gasteiger partial charge on any atom is 0.176 e. The minimum absolute atomic E-state index is 0.107. The summed E-state index contributed by atoms with van der Waals surface area (Å²) in [7, 11) is 1.63. The van der Waals surface area contributed by atoms with Crippen molar-refractivity contribution in [2.75, 3.05) is 7.11 Å². The van der Waals surface area contributed by atoms with E-state index in [1.807, 2.05) is 26.0 Å². The number of halogens is 1. The molecule has 82 valence electrons. The normalized spacial score (nSPS) is 10.2. The van der Waals surface area contributed by atoms with E-state index < -0.39 is 0 Å². The Labute approximate surface area is 99.0 Å². The second kappa shape index (κ2) is 5.21. The summed E-state index contributed by atoms with van der Waals surface area (Å²) in [5.74, 6) is 1.45. The average Bonchev–Trinajstić information content (AvgIpc) is 2.20. The van der Waals surface area contributed by atoms with Crippen LogP contribution in [-0.2, 0) is 0 Å². The first-order valence-corrected chi connectivity index (χ1v) is 5.55. The zero-order chi connectivity index (χ0) is 11.4. The van der Waals surface area contributed by atoms with Gasteiger partial charge in [0.05, 0.1) is 17.7 Å². The molecular weight excluding hydrogens is 256 g/mol. The maximum atomic E-state index is 5.69. The third kappa shape index (κ3) is 2.75. The van der Waals surface area contributed by atoms with Gasteiger partial charge in [0.15, 0.2) is 11.5 Å². The van der Waals surface area contributed by atoms with Gasteiger partial charge < -0.3 is 9.47 Å². The molecule has 0 fully saturated rings. The molecule has 1 rings (SSSR count). The Kier molecular flexibility index (Phi) is 4.21. The molecule has 3 heteroatoms. The molecule has 0 N–H and O–H groups in total. The summed E-state index contributed by atoms with van der Waals surface area (Å²) in [6.45, 7) is 7.70. The Morgan fingerprint density at radius 3 is 2.53 bits per heavy atom. The van der Waals surface area contributed by atoms with Crippen molar-refractivity contribution in [1.82, 2.24) is 0 Å². The van der Waals surface area contributed by atoms with Crippen molar-refractivity contribution in [3.05, 3.63) is 28.7 Å². The SMILES string of the molecule is C=Cc1ccc(OC)c(OC(C)C)c1Br. The topological polar surface area (TPSA) is 18.5 Å². The minimum atomic E-state index is 0.107. The number of methoxy groups -OCH3 is 1. The summed E-state index contributed by atoms with van der Waals surface area (Å²) < 4.78 is 11.8. The first-order valence-electron chi connectivity index (χ1n) is 4.75. The first-order chi connectivity index (χ1) is 7.10. The molecular formula is C12H15BrO2. The quantitative estimate of drug-likeness (QED) is 0.827. The Morgan fingerprint density at radius 1 is 1.40 bits per heavy atom. The summed E-state index contributed by atoms with van der Waals surface area (Å²) in [5.41, 5.74) is 0.992. The number of ether oxygens (including phenoxy) is 2. The largest absolute Gasteiger partial charge is 0.493 e. The third-order valence-electron chi connectivity index (χ3n) is 1.88. The number of benzene rings is 1. The lowest BCUT2D eigenvalue weighted by Gasteiger charge is -2.16. The third-order valence-corrected chi connectivity index (χ3v) is 2.70. The van der Waals surface area contributed by atoms with E-state index in [-0.39, 0.29) is 6.10 Å². The molecule has 0 atom stereocenters. The maximum absolute atomic E-state index is 5.69. The van der Waals surface area contributed by atoms with E-state index in [2.05, 4.69) is 22.5 Å². The molecule has 0 aliphatic carbocycles. The van der Waals surface area contributed by atoms with E-state index in [1.165, 1.54) is 0 Å². The molecule has 15 heavy (non-hydrogen) atoms. The van der Waals surface area contributed by atoms with E-state index in [1.54, 1.807) is 13.2 Å². The summed E-state index contributed by atoms with van der Waals surface area (Å²) in [6, 6.07) is 3.81. The van der Waals surface area contributed by atoms with Gasteiger partial charge in [0.1, 0.15) is 0 Å². The molecule has 0 saturated carbocycles. The second-order valence-electron chi connectivity index (χ2n) is 3.37. The van der Waals surface area contributed by atoms with Gasteiger partial charge in [-0.25, -0.2) is 0 Å². The molecule has 0 aromatic heterocycles. The Bertz CT molecular complexity index is 359. The smallest absolute Gasteiger partial charge is 0.176 e. The molecule has 0 saturated heterocycles. The fourth-order valence-electron chi connectivity index (χ4n) is 1.22. The molecule has 0 heterocycles. The zero-order valence-electron chi connectivity index (χ0n) is 9.21. The van der Waals surface area contributed by atoms with Crippen molar-refractivity contribution in [2.24, 2.45) is 0 Å². The lowest BCUT2D eigenvalue weighted by atomic mass is 10.2. The van der Waals surface area contributed by atoms with Gasteiger partial charge in [-0.2, -0.15) is 0 Å². The highest BCUT2D eigenvalue weighted by Gasteiger charge is 2.13. The first kappa shape index (κ1) is 12.1. The summed E-state index contributed by atoms with van der Waals surface area (Å²) in [5, 5.41) is 0. The monoisotopic (exact) mass is 270 g/mol. The molecule has 0 amide bonds. The predicted molar refractivity (Wildman–Crippen MR) is 66.5 cm³/mol. The fraction of sp³-hybridized carbons (Fsp3) is 0.333. The average molecular weight is 271 g/mol. The molecule has 0 bridgehead atoms. The number of hydrogen-bond donors (Lipinski definition) is 0. The van der Waals surface area contributed by atoms with Gasteiger partial charge in [-0.1, -0.05) is 12.7 Å². The Hall–Kier alpha value is -0.960. The van der Waals surface area contributed by atoms with Gasteiger partial charge in [-0.05, 0) is 47.5 Å². The van der Waals surface area contributed by atoms with Gasteiger partial charge in [0.25, 0.3) is 0 Å². The van der Waals surface area contributed by atoms with Crippen LogP contribution in [-0.4, -0.2) is 13.2 Å². The van der Waals surface area contributed by atoms with Crippen molar-refractivity contribution in [3.8, 4) is 11.5 Å². The Morgan fingerprint density at radius 2 is 2.07 bits per heavy atom. The molecule has 1 aromatic rings. The van der Waals surface area contributed by atoms with Crippen LogP contribution in [0, 0.1) is 0 Å². The molecule has 0 unspecified atom stereocenters. The van der Waals surface area contributed by atoms with Crippen LogP contribution in [0.1, 0.15) is 19.4 Å². The summed E-state index contributed by atoms with van der Waals surface area (Å²) in [6.07, 6.45) is 1.88. The van der Waals surface area contributed by atoms with Crippen LogP contribution in [0.2, 0.25) is 0 Å². The molecule has 2 nitrogen and oxygen atoms in total. The summed E-state index contributed by atoms with van der Waals surface area (Å²) in [4.78, 5) is 0. The number of rotatable bonds is 4. The minimum Gasteiger partial charge on any atom is -0.493 e. The van der Waals surface area contributed by atoms with Gasteiger partial charge in [-0.15, -0.1) is 0 Å². The molecule has 1 aromatic carbocycles. The molecule has 0 aliphatic heterocycles. The Balaban J connectivity index is 3.22.